The van der Waals surface area contributed by atoms with Crippen LogP contribution in [0.3, 0.4) is 0 Å². The molecule has 8 nitrogen and oxygen atoms in total. The van der Waals surface area contributed by atoms with E-state index >= 15 is 0 Å². The first kappa shape index (κ1) is 20.8. The Balaban J connectivity index is 1.27. The summed E-state index contributed by atoms with van der Waals surface area (Å²) in [6.45, 7) is 2.75. The summed E-state index contributed by atoms with van der Waals surface area (Å²) in [7, 11) is 0. The molecule has 2 amide bonds. The Hall–Kier alpha value is -4.07. The maximum atomic E-state index is 13.2. The van der Waals surface area contributed by atoms with E-state index in [9.17, 15) is 9.59 Å². The van der Waals surface area contributed by atoms with Crippen molar-refractivity contribution in [2.24, 2.45) is 0 Å². The Labute approximate surface area is 191 Å². The highest BCUT2D eigenvalue weighted by atomic mass is 16.3. The fourth-order valence-electron chi connectivity index (χ4n) is 4.10. The molecule has 1 aliphatic rings. The first-order valence-electron chi connectivity index (χ1n) is 11.0. The molecule has 168 valence electrons. The highest BCUT2D eigenvalue weighted by Crippen LogP contribution is 2.21. The highest BCUT2D eigenvalue weighted by molar-refractivity contribution is 5.91. The number of carbonyl (C=O) groups excluding carboxylic acids is 2. The van der Waals surface area contributed by atoms with Gasteiger partial charge in [-0.15, -0.1) is 0 Å². The minimum atomic E-state index is -0.139. The zero-order valence-electron chi connectivity index (χ0n) is 18.2. The lowest BCUT2D eigenvalue weighted by atomic mass is 10.2. The van der Waals surface area contributed by atoms with Crippen molar-refractivity contribution >= 4 is 28.8 Å². The number of carbonyl (C=O) groups is 2. The van der Waals surface area contributed by atoms with Gasteiger partial charge in [-0.05, 0) is 29.8 Å². The van der Waals surface area contributed by atoms with E-state index in [0.717, 1.165) is 16.6 Å². The number of aromatic nitrogens is 2. The van der Waals surface area contributed by atoms with Crippen LogP contribution in [0.15, 0.2) is 77.4 Å². The Bertz CT molecular complexity index is 1240. The summed E-state index contributed by atoms with van der Waals surface area (Å²) in [5.41, 5.74) is 2.89. The predicted molar refractivity (Wildman–Crippen MR) is 125 cm³/mol. The van der Waals surface area contributed by atoms with E-state index in [1.165, 1.54) is 6.26 Å². The van der Waals surface area contributed by atoms with Crippen molar-refractivity contribution in [3.8, 4) is 0 Å². The summed E-state index contributed by atoms with van der Waals surface area (Å²) in [6, 6.07) is 21.3. The minimum absolute atomic E-state index is 0.00557. The number of fused-ring (bicyclic) bond motifs is 1. The average molecular weight is 444 g/mol. The zero-order chi connectivity index (χ0) is 22.6. The Morgan fingerprint density at radius 1 is 0.879 bits per heavy atom. The molecular weight excluding hydrogens is 418 g/mol. The molecule has 5 rings (SSSR count). The van der Waals surface area contributed by atoms with Gasteiger partial charge in [0.25, 0.3) is 5.91 Å². The lowest BCUT2D eigenvalue weighted by Gasteiger charge is -2.34. The van der Waals surface area contributed by atoms with Crippen LogP contribution in [0.1, 0.15) is 16.1 Å². The Morgan fingerprint density at radius 2 is 1.61 bits per heavy atom. The molecule has 1 N–H and O–H groups in total. The van der Waals surface area contributed by atoms with E-state index in [1.54, 1.807) is 17.0 Å². The van der Waals surface area contributed by atoms with E-state index in [0.29, 0.717) is 44.4 Å². The lowest BCUT2D eigenvalue weighted by molar-refractivity contribution is -0.133. The molecule has 3 heterocycles. The van der Waals surface area contributed by atoms with Crippen molar-refractivity contribution in [2.75, 3.05) is 31.5 Å². The average Bonchev–Trinajstić information content (AvgIpc) is 3.52. The summed E-state index contributed by atoms with van der Waals surface area (Å²) in [5, 5.41) is 3.38. The van der Waals surface area contributed by atoms with E-state index in [1.807, 2.05) is 51.9 Å². The molecular formula is C25H25N5O3. The molecule has 2 aromatic heterocycles. The van der Waals surface area contributed by atoms with Crippen molar-refractivity contribution in [2.45, 2.75) is 13.1 Å². The second-order valence-corrected chi connectivity index (χ2v) is 8.00. The first-order valence-corrected chi connectivity index (χ1v) is 11.0. The number of anilines is 1. The van der Waals surface area contributed by atoms with Gasteiger partial charge in [0.2, 0.25) is 11.9 Å². The standard InChI is InChI=1S/C25H25N5O3/c31-23(28-12-14-29(15-13-28)24(32)22-11-6-16-33-22)18-30-21-10-5-4-9-20(21)27-25(30)26-17-19-7-2-1-3-8-19/h1-11,16H,12-15,17-18H2,(H,26,27). The van der Waals surface area contributed by atoms with Crippen molar-refractivity contribution < 1.29 is 14.0 Å². The monoisotopic (exact) mass is 443 g/mol. The largest absolute Gasteiger partial charge is 0.459 e. The Kier molecular flexibility index (Phi) is 5.80. The molecule has 0 aliphatic carbocycles. The van der Waals surface area contributed by atoms with Crippen LogP contribution in [0.4, 0.5) is 5.95 Å². The number of para-hydroxylation sites is 2. The number of nitrogens with zero attached hydrogens (tertiary/aromatic N) is 4. The summed E-state index contributed by atoms with van der Waals surface area (Å²) < 4.78 is 7.14. The summed E-state index contributed by atoms with van der Waals surface area (Å²) in [5.74, 6) is 0.861. The van der Waals surface area contributed by atoms with Gasteiger partial charge in [-0.1, -0.05) is 42.5 Å². The van der Waals surface area contributed by atoms with E-state index in [-0.39, 0.29) is 18.4 Å². The predicted octanol–water partition coefficient (Wildman–Crippen LogP) is 3.23. The smallest absolute Gasteiger partial charge is 0.289 e. The van der Waals surface area contributed by atoms with Crippen LogP contribution >= 0.6 is 0 Å². The van der Waals surface area contributed by atoms with E-state index in [4.69, 9.17) is 9.40 Å². The second kappa shape index (κ2) is 9.20. The van der Waals surface area contributed by atoms with Gasteiger partial charge in [0, 0.05) is 32.7 Å². The van der Waals surface area contributed by atoms with Gasteiger partial charge < -0.3 is 24.1 Å². The maximum Gasteiger partial charge on any atom is 0.289 e. The molecule has 0 unspecified atom stereocenters. The van der Waals surface area contributed by atoms with Crippen LogP contribution in [-0.2, 0) is 17.9 Å². The first-order chi connectivity index (χ1) is 16.2. The molecule has 0 spiro atoms. The van der Waals surface area contributed by atoms with Crippen molar-refractivity contribution in [3.05, 3.63) is 84.3 Å². The van der Waals surface area contributed by atoms with Crippen molar-refractivity contribution in [1.29, 1.82) is 0 Å². The van der Waals surface area contributed by atoms with Crippen LogP contribution in [0.25, 0.3) is 11.0 Å². The fourth-order valence-corrected chi connectivity index (χ4v) is 4.10. The Morgan fingerprint density at radius 3 is 2.36 bits per heavy atom. The SMILES string of the molecule is O=C(Cn1c(NCc2ccccc2)nc2ccccc21)N1CCN(C(=O)c2ccco2)CC1. The normalized spacial score (nSPS) is 13.9. The number of hydrogen-bond acceptors (Lipinski definition) is 5. The number of amides is 2. The van der Waals surface area contributed by atoms with Gasteiger partial charge in [-0.3, -0.25) is 9.59 Å². The number of imidazole rings is 1. The molecule has 0 atom stereocenters. The summed E-state index contributed by atoms with van der Waals surface area (Å²) in [6.07, 6.45) is 1.49. The molecule has 4 aromatic rings. The van der Waals surface area contributed by atoms with Gasteiger partial charge >= 0.3 is 0 Å². The third kappa shape index (κ3) is 4.45. The molecule has 33 heavy (non-hydrogen) atoms. The number of furan rings is 1. The highest BCUT2D eigenvalue weighted by Gasteiger charge is 2.26. The minimum Gasteiger partial charge on any atom is -0.459 e. The number of rotatable bonds is 6. The number of piperazine rings is 1. The van der Waals surface area contributed by atoms with E-state index < -0.39 is 0 Å². The van der Waals surface area contributed by atoms with Gasteiger partial charge in [0.05, 0.1) is 17.3 Å². The molecule has 0 radical (unpaired) electrons. The summed E-state index contributed by atoms with van der Waals surface area (Å²) in [4.78, 5) is 33.9. The van der Waals surface area contributed by atoms with Gasteiger partial charge in [-0.2, -0.15) is 0 Å². The fraction of sp³-hybridized carbons (Fsp3) is 0.240. The van der Waals surface area contributed by atoms with Crippen LogP contribution in [0, 0.1) is 0 Å². The third-order valence-electron chi connectivity index (χ3n) is 5.89. The van der Waals surface area contributed by atoms with Gasteiger partial charge in [0.1, 0.15) is 6.54 Å². The molecule has 8 heteroatoms. The zero-order valence-corrected chi connectivity index (χ0v) is 18.2. The maximum absolute atomic E-state index is 13.2. The van der Waals surface area contributed by atoms with Crippen LogP contribution in [0.2, 0.25) is 0 Å². The summed E-state index contributed by atoms with van der Waals surface area (Å²) >= 11 is 0. The van der Waals surface area contributed by atoms with Crippen LogP contribution in [0.5, 0.6) is 0 Å². The quantitative estimate of drug-likeness (QED) is 0.495. The molecule has 1 aliphatic heterocycles. The van der Waals surface area contributed by atoms with Gasteiger partial charge in [0.15, 0.2) is 5.76 Å². The molecule has 2 aromatic carbocycles. The molecule has 0 bridgehead atoms. The molecule has 1 saturated heterocycles. The van der Waals surface area contributed by atoms with Crippen molar-refractivity contribution in [1.82, 2.24) is 19.4 Å². The third-order valence-corrected chi connectivity index (χ3v) is 5.89. The topological polar surface area (TPSA) is 83.6 Å². The number of hydrogen-bond donors (Lipinski definition) is 1. The molecule has 0 saturated carbocycles. The lowest BCUT2D eigenvalue weighted by Crippen LogP contribution is -2.51. The van der Waals surface area contributed by atoms with Crippen LogP contribution in [-0.4, -0.2) is 57.3 Å². The molecule has 1 fully saturated rings. The van der Waals surface area contributed by atoms with Crippen molar-refractivity contribution in [3.63, 3.8) is 0 Å². The number of nitrogens with one attached hydrogen (secondary N) is 1. The van der Waals surface area contributed by atoms with Crippen LogP contribution < -0.4 is 5.32 Å². The van der Waals surface area contributed by atoms with E-state index in [2.05, 4.69) is 17.4 Å². The van der Waals surface area contributed by atoms with Gasteiger partial charge in [-0.25, -0.2) is 4.98 Å². The second-order valence-electron chi connectivity index (χ2n) is 8.00. The number of benzene rings is 2.